The second-order valence-corrected chi connectivity index (χ2v) is 5.46. The monoisotopic (exact) mass is 253 g/mol. The van der Waals surface area contributed by atoms with E-state index in [-0.39, 0.29) is 0 Å². The van der Waals surface area contributed by atoms with E-state index in [9.17, 15) is 0 Å². The zero-order valence-electron chi connectivity index (χ0n) is 11.5. The molecule has 0 aromatic heterocycles. The van der Waals surface area contributed by atoms with Crippen molar-refractivity contribution in [3.63, 3.8) is 0 Å². The molecule has 0 unspecified atom stereocenters. The van der Waals surface area contributed by atoms with Crippen LogP contribution in [0.3, 0.4) is 0 Å². The van der Waals surface area contributed by atoms with Gasteiger partial charge in [-0.25, -0.2) is 0 Å². The van der Waals surface area contributed by atoms with E-state index in [2.05, 4.69) is 18.0 Å². The Kier molecular flexibility index (Phi) is 4.49. The Morgan fingerprint density at radius 2 is 2.05 bits per heavy atom. The smallest absolute Gasteiger partial charge is 0.116 e. The lowest BCUT2D eigenvalue weighted by molar-refractivity contribution is 0.185. The van der Waals surface area contributed by atoms with Gasteiger partial charge in [0.2, 0.25) is 0 Å². The topological polar surface area (TPSA) is 53.0 Å². The number of anilines is 1. The van der Waals surface area contributed by atoms with Gasteiger partial charge in [-0.1, -0.05) is 24.7 Å². The summed E-state index contributed by atoms with van der Waals surface area (Å²) >= 11 is 0. The minimum atomic E-state index is 0.506. The van der Waals surface area contributed by atoms with Gasteiger partial charge >= 0.3 is 0 Å². The van der Waals surface area contributed by atoms with Crippen LogP contribution < -0.4 is 11.2 Å². The van der Waals surface area contributed by atoms with E-state index in [0.29, 0.717) is 22.8 Å². The summed E-state index contributed by atoms with van der Waals surface area (Å²) in [5.74, 6) is 0. The van der Waals surface area contributed by atoms with Gasteiger partial charge in [-0.2, -0.15) is 5.26 Å². The maximum absolute atomic E-state index is 9.00. The van der Waals surface area contributed by atoms with Crippen LogP contribution >= 0.6 is 0 Å². The molecule has 2 N–H and O–H groups in total. The number of nitrogens with two attached hydrogens (primary N) is 1. The zero-order valence-corrected chi connectivity index (χ0v) is 11.5. The van der Waals surface area contributed by atoms with E-state index < -0.39 is 0 Å². The minimum absolute atomic E-state index is 0.506. The second-order valence-electron chi connectivity index (χ2n) is 5.46. The number of nitrogens with zero attached hydrogens (tertiary/aromatic N) is 2. The predicted octanol–water partition coefficient (Wildman–Crippen LogP) is 1.70. The minimum Gasteiger partial charge on any atom is -0.399 e. The molecule has 1 aliphatic rings. The molecule has 1 fully saturated rings. The molecule has 1 saturated carbocycles. The third kappa shape index (κ3) is 3.30. The Hall–Kier alpha value is -1.47. The Bertz CT molecular complexity index is 487. The molecule has 1 aromatic rings. The van der Waals surface area contributed by atoms with Crippen molar-refractivity contribution in [2.75, 3.05) is 12.8 Å². The van der Waals surface area contributed by atoms with E-state index >= 15 is 0 Å². The van der Waals surface area contributed by atoms with Crippen LogP contribution in [0.5, 0.6) is 0 Å². The number of hydrogen-bond donors (Lipinski definition) is 1. The van der Waals surface area contributed by atoms with Crippen molar-refractivity contribution < 1.29 is 0 Å². The Labute approximate surface area is 116 Å². The van der Waals surface area contributed by atoms with Crippen LogP contribution in [-0.2, 0) is 6.54 Å². The molecule has 98 valence electrons. The van der Waals surface area contributed by atoms with E-state index in [1.165, 1.54) is 32.1 Å². The highest BCUT2D eigenvalue weighted by Gasteiger charge is 2.19. The molecular weight excluding hydrogens is 233 g/mol. The first-order valence-corrected chi connectivity index (χ1v) is 6.90. The van der Waals surface area contributed by atoms with E-state index in [1.54, 1.807) is 6.07 Å². The average Bonchev–Trinajstić information content (AvgIpc) is 2.44. The Balaban J connectivity index is 2.13. The first kappa shape index (κ1) is 14.0. The highest BCUT2D eigenvalue weighted by atomic mass is 15.1. The summed E-state index contributed by atoms with van der Waals surface area (Å²) in [5, 5.41) is 9.00. The summed E-state index contributed by atoms with van der Waals surface area (Å²) in [6.45, 7) is 0.760. The predicted molar refractivity (Wildman–Crippen MR) is 79.3 cm³/mol. The molecule has 3 nitrogen and oxygen atoms in total. The van der Waals surface area contributed by atoms with Crippen molar-refractivity contribution in [1.29, 1.82) is 5.26 Å². The zero-order chi connectivity index (χ0) is 13.8. The molecule has 0 saturated heterocycles. The molecule has 2 rings (SSSR count). The number of benzene rings is 1. The molecule has 0 atom stereocenters. The number of nitrogen functional groups attached to an aromatic ring is 1. The lowest BCUT2D eigenvalue weighted by Crippen LogP contribution is -2.33. The second kappa shape index (κ2) is 6.12. The Morgan fingerprint density at radius 1 is 1.37 bits per heavy atom. The molecule has 0 bridgehead atoms. The van der Waals surface area contributed by atoms with Gasteiger partial charge in [-0.05, 0) is 37.6 Å². The fraction of sp³-hybridized carbons (Fsp3) is 0.533. The lowest BCUT2D eigenvalue weighted by atomic mass is 9.89. The van der Waals surface area contributed by atoms with Gasteiger partial charge in [-0.3, -0.25) is 4.90 Å². The van der Waals surface area contributed by atoms with Gasteiger partial charge in [0, 0.05) is 18.3 Å². The molecule has 0 spiro atoms. The van der Waals surface area contributed by atoms with Crippen molar-refractivity contribution in [1.82, 2.24) is 4.90 Å². The van der Waals surface area contributed by atoms with Crippen molar-refractivity contribution in [2.24, 2.45) is 0 Å². The standard InChI is InChI=1S/C15H20BN3/c1-19(13-5-3-2-4-6-13)10-12-7-11(9-17)8-14(16)15(12)18/h7-8,13H,2-6,10,18H2,1H3. The fourth-order valence-corrected chi connectivity index (χ4v) is 2.85. The van der Waals surface area contributed by atoms with E-state index in [0.717, 1.165) is 12.1 Å². The van der Waals surface area contributed by atoms with E-state index in [4.69, 9.17) is 18.8 Å². The number of rotatable bonds is 3. The van der Waals surface area contributed by atoms with Gasteiger partial charge in [-0.15, -0.1) is 0 Å². The lowest BCUT2D eigenvalue weighted by Gasteiger charge is -2.31. The molecule has 2 radical (unpaired) electrons. The van der Waals surface area contributed by atoms with Crippen LogP contribution in [0.4, 0.5) is 5.69 Å². The fourth-order valence-electron chi connectivity index (χ4n) is 2.85. The van der Waals surface area contributed by atoms with Gasteiger partial charge in [0.15, 0.2) is 0 Å². The first-order valence-electron chi connectivity index (χ1n) is 6.90. The summed E-state index contributed by atoms with van der Waals surface area (Å²) in [5.41, 5.74) is 8.69. The molecule has 0 aliphatic heterocycles. The first-order chi connectivity index (χ1) is 9.11. The summed E-state index contributed by atoms with van der Waals surface area (Å²) in [6.07, 6.45) is 6.48. The molecule has 0 amide bonds. The van der Waals surface area contributed by atoms with Gasteiger partial charge in [0.1, 0.15) is 7.85 Å². The molecule has 1 aromatic carbocycles. The van der Waals surface area contributed by atoms with E-state index in [1.807, 2.05) is 6.07 Å². The molecular formula is C15H20BN3. The summed E-state index contributed by atoms with van der Waals surface area (Å²) in [7, 11) is 7.99. The summed E-state index contributed by atoms with van der Waals surface area (Å²) < 4.78 is 0. The highest BCUT2D eigenvalue weighted by molar-refractivity contribution is 6.36. The van der Waals surface area contributed by atoms with Crippen LogP contribution in [0.2, 0.25) is 0 Å². The SMILES string of the molecule is [B]c1cc(C#N)cc(CN(C)C2CCCCC2)c1N. The van der Waals surface area contributed by atoms with Gasteiger partial charge < -0.3 is 5.73 Å². The maximum atomic E-state index is 9.00. The van der Waals surface area contributed by atoms with Crippen molar-refractivity contribution in [2.45, 2.75) is 44.7 Å². The van der Waals surface area contributed by atoms with Crippen LogP contribution in [0.25, 0.3) is 0 Å². The van der Waals surface area contributed by atoms with Crippen LogP contribution in [0.1, 0.15) is 43.2 Å². The largest absolute Gasteiger partial charge is 0.399 e. The van der Waals surface area contributed by atoms with Crippen molar-refractivity contribution >= 4 is 19.0 Å². The quantitative estimate of drug-likeness (QED) is 0.659. The normalized spacial score (nSPS) is 16.5. The van der Waals surface area contributed by atoms with Crippen molar-refractivity contribution in [3.8, 4) is 6.07 Å². The third-order valence-corrected chi connectivity index (χ3v) is 4.04. The van der Waals surface area contributed by atoms with Crippen LogP contribution in [-0.4, -0.2) is 25.8 Å². The van der Waals surface area contributed by atoms with Crippen LogP contribution in [0, 0.1) is 11.3 Å². The van der Waals surface area contributed by atoms with Crippen molar-refractivity contribution in [3.05, 3.63) is 23.3 Å². The average molecular weight is 253 g/mol. The van der Waals surface area contributed by atoms with Gasteiger partial charge in [0.05, 0.1) is 11.6 Å². The summed E-state index contributed by atoms with van der Waals surface area (Å²) in [4.78, 5) is 2.34. The molecule has 4 heteroatoms. The Morgan fingerprint density at radius 3 is 2.68 bits per heavy atom. The van der Waals surface area contributed by atoms with Crippen LogP contribution in [0.15, 0.2) is 12.1 Å². The number of hydrogen-bond acceptors (Lipinski definition) is 3. The van der Waals surface area contributed by atoms with Gasteiger partial charge in [0.25, 0.3) is 0 Å². The molecule has 1 aliphatic carbocycles. The molecule has 19 heavy (non-hydrogen) atoms. The highest BCUT2D eigenvalue weighted by Crippen LogP contribution is 2.24. The molecule has 0 heterocycles. The number of nitriles is 1. The third-order valence-electron chi connectivity index (χ3n) is 4.04. The maximum Gasteiger partial charge on any atom is 0.116 e. The summed E-state index contributed by atoms with van der Waals surface area (Å²) in [6, 6.07) is 6.25.